The molecule has 0 atom stereocenters. The summed E-state index contributed by atoms with van der Waals surface area (Å²) in [4.78, 5) is 10.5. The molecule has 0 amide bonds. The van der Waals surface area contributed by atoms with Crippen LogP contribution in [0.25, 0.3) is 0 Å². The fourth-order valence-electron chi connectivity index (χ4n) is 2.00. The monoisotopic (exact) mass is 190 g/mol. The van der Waals surface area contributed by atoms with E-state index in [1.165, 1.54) is 6.26 Å². The van der Waals surface area contributed by atoms with E-state index in [2.05, 4.69) is 0 Å². The number of carbonyl (C=O) groups excluding carboxylic acids is 1. The van der Waals surface area contributed by atoms with E-state index in [-0.39, 0.29) is 6.61 Å². The highest BCUT2D eigenvalue weighted by atomic mass is 32.2. The van der Waals surface area contributed by atoms with Gasteiger partial charge in [-0.3, -0.25) is 0 Å². The van der Waals surface area contributed by atoms with E-state index in [0.717, 1.165) is 6.29 Å². The lowest BCUT2D eigenvalue weighted by Crippen LogP contribution is -2.54. The number of rotatable bonds is 2. The second-order valence-corrected chi connectivity index (χ2v) is 6.19. The largest absolute Gasteiger partial charge is 0.366 e. The number of hydrogen-bond donors (Lipinski definition) is 0. The molecular weight excluding hydrogens is 180 g/mol. The molecule has 68 valence electrons. The Morgan fingerprint density at radius 2 is 2.00 bits per heavy atom. The quantitative estimate of drug-likeness (QED) is 0.552. The minimum atomic E-state index is -3.07. The number of fused-ring (bicyclic) bond motifs is 1. The Hall–Kier alpha value is -0.420. The van der Waals surface area contributed by atoms with E-state index in [9.17, 15) is 13.2 Å². The zero-order valence-electron chi connectivity index (χ0n) is 6.74. The van der Waals surface area contributed by atoms with Crippen LogP contribution in [0.3, 0.4) is 0 Å². The Balaban J connectivity index is 2.31. The number of carbonyl (C=O) groups is 1. The van der Waals surface area contributed by atoms with Crippen LogP contribution in [0.1, 0.15) is 12.8 Å². The highest BCUT2D eigenvalue weighted by Gasteiger charge is 2.67. The molecule has 0 aromatic rings. The topological polar surface area (TPSA) is 60.4 Å². The maximum Gasteiger partial charge on any atom is 0.155 e. The predicted molar refractivity (Wildman–Crippen MR) is 41.6 cm³/mol. The molecule has 1 aliphatic carbocycles. The fourth-order valence-corrected chi connectivity index (χ4v) is 3.29. The summed E-state index contributed by atoms with van der Waals surface area (Å²) in [5.41, 5.74) is -0.761. The minimum Gasteiger partial charge on any atom is -0.366 e. The fraction of sp³-hybridized carbons (Fsp3) is 0.857. The molecule has 0 N–H and O–H groups in total. The van der Waals surface area contributed by atoms with E-state index in [4.69, 9.17) is 4.74 Å². The van der Waals surface area contributed by atoms with Crippen molar-refractivity contribution in [3.63, 3.8) is 0 Å². The van der Waals surface area contributed by atoms with Gasteiger partial charge in [0.15, 0.2) is 16.1 Å². The average Bonchev–Trinajstić information content (AvgIpc) is 2.37. The van der Waals surface area contributed by atoms with Crippen molar-refractivity contribution in [3.8, 4) is 0 Å². The molecule has 3 fully saturated rings. The van der Waals surface area contributed by atoms with E-state index < -0.39 is 20.2 Å². The number of hydrogen-bond acceptors (Lipinski definition) is 4. The second kappa shape index (κ2) is 1.90. The van der Waals surface area contributed by atoms with Crippen molar-refractivity contribution in [2.24, 2.45) is 0 Å². The van der Waals surface area contributed by atoms with Gasteiger partial charge in [0.1, 0.15) is 10.3 Å². The van der Waals surface area contributed by atoms with Gasteiger partial charge in [0.2, 0.25) is 0 Å². The van der Waals surface area contributed by atoms with Gasteiger partial charge in [-0.25, -0.2) is 8.42 Å². The van der Waals surface area contributed by atoms with Crippen molar-refractivity contribution < 1.29 is 17.9 Å². The summed E-state index contributed by atoms with van der Waals surface area (Å²) in [7, 11) is -3.07. The van der Waals surface area contributed by atoms with Gasteiger partial charge >= 0.3 is 0 Å². The summed E-state index contributed by atoms with van der Waals surface area (Å²) >= 11 is 0. The number of aldehydes is 1. The molecule has 0 aromatic heterocycles. The lowest BCUT2D eigenvalue weighted by atomic mass is 9.75. The van der Waals surface area contributed by atoms with Crippen LogP contribution in [-0.4, -0.2) is 37.9 Å². The van der Waals surface area contributed by atoms with Gasteiger partial charge in [0, 0.05) is 19.1 Å². The molecule has 2 heterocycles. The summed E-state index contributed by atoms with van der Waals surface area (Å²) in [5.74, 6) is 0. The zero-order chi connectivity index (χ0) is 9.04. The van der Waals surface area contributed by atoms with Crippen LogP contribution >= 0.6 is 0 Å². The lowest BCUT2D eigenvalue weighted by molar-refractivity contribution is -0.126. The van der Waals surface area contributed by atoms with Crippen LogP contribution in [0.4, 0.5) is 0 Å². The van der Waals surface area contributed by atoms with Crippen molar-refractivity contribution in [1.29, 1.82) is 0 Å². The van der Waals surface area contributed by atoms with Crippen molar-refractivity contribution in [2.45, 2.75) is 23.2 Å². The van der Waals surface area contributed by atoms with Crippen LogP contribution in [0, 0.1) is 0 Å². The summed E-state index contributed by atoms with van der Waals surface area (Å²) in [6.45, 7) is 0.185. The molecule has 0 radical (unpaired) electrons. The van der Waals surface area contributed by atoms with Crippen LogP contribution in [0.2, 0.25) is 0 Å². The third-order valence-corrected chi connectivity index (χ3v) is 4.85. The molecule has 12 heavy (non-hydrogen) atoms. The molecule has 2 aliphatic heterocycles. The first-order valence-corrected chi connectivity index (χ1v) is 5.62. The zero-order valence-corrected chi connectivity index (χ0v) is 7.56. The van der Waals surface area contributed by atoms with Gasteiger partial charge in [-0.2, -0.15) is 0 Å². The minimum absolute atomic E-state index is 0.185. The predicted octanol–water partition coefficient (Wildman–Crippen LogP) is -0.469. The van der Waals surface area contributed by atoms with Gasteiger partial charge in [-0.05, 0) is 0 Å². The van der Waals surface area contributed by atoms with Crippen LogP contribution < -0.4 is 0 Å². The maximum atomic E-state index is 11.3. The average molecular weight is 190 g/mol. The summed E-state index contributed by atoms with van der Waals surface area (Å²) in [6, 6.07) is 0. The Labute approximate surface area is 70.8 Å². The smallest absolute Gasteiger partial charge is 0.155 e. The number of sulfone groups is 1. The molecule has 0 unspecified atom stereocenters. The standard InChI is InChI=1S/C7H10O4S/c1-12(9,10)7-2-6(3-7,4-8)11-5-7/h4H,2-3,5H2,1H3. The Bertz CT molecular complexity index is 323. The first kappa shape index (κ1) is 8.19. The summed E-state index contributed by atoms with van der Waals surface area (Å²) in [5, 5.41) is 0. The highest BCUT2D eigenvalue weighted by molar-refractivity contribution is 7.92. The van der Waals surface area contributed by atoms with E-state index in [1.807, 2.05) is 0 Å². The molecule has 2 saturated heterocycles. The molecule has 0 spiro atoms. The van der Waals surface area contributed by atoms with Crippen molar-refractivity contribution in [3.05, 3.63) is 0 Å². The first-order chi connectivity index (χ1) is 5.43. The second-order valence-electron chi connectivity index (χ2n) is 3.78. The Morgan fingerprint density at radius 1 is 1.42 bits per heavy atom. The van der Waals surface area contributed by atoms with E-state index in [0.29, 0.717) is 12.8 Å². The normalized spacial score (nSPS) is 45.4. The van der Waals surface area contributed by atoms with Gasteiger partial charge < -0.3 is 9.53 Å². The van der Waals surface area contributed by atoms with Gasteiger partial charge in [-0.1, -0.05) is 0 Å². The van der Waals surface area contributed by atoms with E-state index >= 15 is 0 Å². The van der Waals surface area contributed by atoms with Crippen molar-refractivity contribution in [1.82, 2.24) is 0 Å². The summed E-state index contributed by atoms with van der Waals surface area (Å²) < 4.78 is 26.9. The molecule has 1 saturated carbocycles. The first-order valence-electron chi connectivity index (χ1n) is 3.73. The molecule has 4 nitrogen and oxygen atoms in total. The van der Waals surface area contributed by atoms with Crippen molar-refractivity contribution in [2.75, 3.05) is 12.9 Å². The third kappa shape index (κ3) is 0.754. The highest BCUT2D eigenvalue weighted by Crippen LogP contribution is 2.54. The Kier molecular flexibility index (Phi) is 1.30. The van der Waals surface area contributed by atoms with Crippen LogP contribution in [0.15, 0.2) is 0 Å². The van der Waals surface area contributed by atoms with Gasteiger partial charge in [0.25, 0.3) is 0 Å². The van der Waals surface area contributed by atoms with Crippen molar-refractivity contribution >= 4 is 16.1 Å². The Morgan fingerprint density at radius 3 is 2.25 bits per heavy atom. The molecule has 5 heteroatoms. The third-order valence-electron chi connectivity index (χ3n) is 2.87. The summed E-state index contributed by atoms with van der Waals surface area (Å²) in [6.07, 6.45) is 2.63. The van der Waals surface area contributed by atoms with Crippen LogP contribution in [-0.2, 0) is 19.4 Å². The lowest BCUT2D eigenvalue weighted by Gasteiger charge is -2.39. The molecular formula is C7H10O4S. The maximum absolute atomic E-state index is 11.3. The number of ether oxygens (including phenoxy) is 1. The van der Waals surface area contributed by atoms with Gasteiger partial charge in [0.05, 0.1) is 6.61 Å². The van der Waals surface area contributed by atoms with Gasteiger partial charge in [-0.15, -0.1) is 0 Å². The molecule has 0 aromatic carbocycles. The molecule has 3 rings (SSSR count). The SMILES string of the molecule is CS(=O)(=O)C12COC(C=O)(C1)C2. The molecule has 3 aliphatic rings. The van der Waals surface area contributed by atoms with E-state index in [1.54, 1.807) is 0 Å². The van der Waals surface area contributed by atoms with Crippen LogP contribution in [0.5, 0.6) is 0 Å². The molecule has 2 bridgehead atoms.